The van der Waals surface area contributed by atoms with Crippen LogP contribution in [0.25, 0.3) is 44.5 Å². The molecule has 8 aromatic carbocycles. The maximum absolute atomic E-state index is 6.63. The Bertz CT molecular complexity index is 2420. The molecular formula is C48H35N2PS. The van der Waals surface area contributed by atoms with Gasteiger partial charge in [0.15, 0.2) is 0 Å². The Hall–Kier alpha value is -5.99. The molecule has 2 aliphatic heterocycles. The van der Waals surface area contributed by atoms with Crippen molar-refractivity contribution in [2.75, 3.05) is 9.99 Å². The van der Waals surface area contributed by atoms with E-state index < -0.39 is 6.19 Å². The fourth-order valence-electron chi connectivity index (χ4n) is 7.55. The quantitative estimate of drug-likeness (QED) is 0.184. The van der Waals surface area contributed by atoms with Crippen LogP contribution in [0.4, 0.5) is 22.7 Å². The highest BCUT2D eigenvalue weighted by molar-refractivity contribution is 8.23. The topological polar surface area (TPSA) is 15.3 Å². The van der Waals surface area contributed by atoms with Crippen LogP contribution in [0.5, 0.6) is 0 Å². The van der Waals surface area contributed by atoms with E-state index in [-0.39, 0.29) is 0 Å². The summed E-state index contributed by atoms with van der Waals surface area (Å²) in [5, 5.41) is 6.22. The summed E-state index contributed by atoms with van der Waals surface area (Å²) >= 11 is 6.63. The molecule has 0 saturated carbocycles. The van der Waals surface area contributed by atoms with E-state index in [4.69, 9.17) is 11.8 Å². The van der Waals surface area contributed by atoms with Crippen molar-refractivity contribution in [3.05, 3.63) is 206 Å². The molecule has 0 saturated heterocycles. The Morgan fingerprint density at radius 2 is 0.654 bits per heavy atom. The molecule has 248 valence electrons. The first kappa shape index (κ1) is 32.0. The SMILES string of the molecule is S=P12c3ccccc3-c3ccccc3N1c1ccccc1-c1ccccc12.c1ccc(-c2ccccc2Nc2ccccc2-c2ccccc2)cc1. The molecule has 0 aliphatic carbocycles. The van der Waals surface area contributed by atoms with Gasteiger partial charge in [-0.2, -0.15) is 0 Å². The van der Waals surface area contributed by atoms with Crippen LogP contribution in [-0.4, -0.2) is 0 Å². The Morgan fingerprint density at radius 3 is 1.10 bits per heavy atom. The van der Waals surface area contributed by atoms with Crippen molar-refractivity contribution >= 4 is 51.4 Å². The zero-order valence-corrected chi connectivity index (χ0v) is 30.1. The minimum atomic E-state index is -2.20. The van der Waals surface area contributed by atoms with Gasteiger partial charge in [-0.1, -0.05) is 194 Å². The molecule has 0 unspecified atom stereocenters. The van der Waals surface area contributed by atoms with Crippen molar-refractivity contribution in [3.8, 4) is 44.5 Å². The second-order valence-electron chi connectivity index (χ2n) is 12.9. The molecule has 8 aromatic rings. The monoisotopic (exact) mass is 702 g/mol. The van der Waals surface area contributed by atoms with Gasteiger partial charge in [-0.3, -0.25) is 0 Å². The Labute approximate surface area is 310 Å². The standard InChI is InChI=1S/C24H16NPS.C24H19N/c27-26-23-15-7-3-11-19(23)17-9-1-5-13-21(17)25(26)22-14-6-2-10-18(22)20-12-4-8-16-24(20)26;1-3-11-19(12-4-1)21-15-7-9-17-23(21)25-24-18-10-8-16-22(24)20-13-5-2-6-14-20/h1-16H;1-18,25H. The highest BCUT2D eigenvalue weighted by atomic mass is 32.4. The first-order valence-corrected chi connectivity index (χ1v) is 20.3. The second-order valence-corrected chi connectivity index (χ2v) is 17.0. The Kier molecular flexibility index (Phi) is 8.37. The van der Waals surface area contributed by atoms with Crippen LogP contribution in [0, 0.1) is 0 Å². The zero-order valence-electron chi connectivity index (χ0n) is 28.4. The van der Waals surface area contributed by atoms with Crippen LogP contribution in [0.3, 0.4) is 0 Å². The highest BCUT2D eigenvalue weighted by Gasteiger charge is 2.43. The summed E-state index contributed by atoms with van der Waals surface area (Å²) in [4.78, 5) is 0. The van der Waals surface area contributed by atoms with Crippen molar-refractivity contribution in [2.45, 2.75) is 0 Å². The van der Waals surface area contributed by atoms with Crippen molar-refractivity contribution in [3.63, 3.8) is 0 Å². The minimum absolute atomic E-state index is 1.11. The molecular weight excluding hydrogens is 668 g/mol. The first-order valence-electron chi connectivity index (χ1n) is 17.6. The van der Waals surface area contributed by atoms with Gasteiger partial charge >= 0.3 is 0 Å². The van der Waals surface area contributed by atoms with E-state index in [1.54, 1.807) is 0 Å². The predicted octanol–water partition coefficient (Wildman–Crippen LogP) is 12.6. The third-order valence-electron chi connectivity index (χ3n) is 9.88. The zero-order chi connectivity index (χ0) is 34.9. The number of fused-ring (bicyclic) bond motifs is 11. The van der Waals surface area contributed by atoms with Gasteiger partial charge in [0.2, 0.25) is 0 Å². The maximum Gasteiger partial charge on any atom is 0.0985 e. The number of para-hydroxylation sites is 4. The molecule has 0 atom stereocenters. The summed E-state index contributed by atoms with van der Waals surface area (Å²) in [6.07, 6.45) is -2.20. The van der Waals surface area contributed by atoms with Gasteiger partial charge in [-0.25, -0.2) is 0 Å². The van der Waals surface area contributed by atoms with E-state index in [9.17, 15) is 0 Å². The molecule has 0 radical (unpaired) electrons. The van der Waals surface area contributed by atoms with Crippen LogP contribution >= 0.6 is 6.19 Å². The van der Waals surface area contributed by atoms with Crippen molar-refractivity contribution in [1.29, 1.82) is 0 Å². The van der Waals surface area contributed by atoms with Crippen molar-refractivity contribution in [1.82, 2.24) is 0 Å². The second kappa shape index (κ2) is 13.6. The molecule has 4 heteroatoms. The van der Waals surface area contributed by atoms with E-state index in [1.807, 2.05) is 12.1 Å². The maximum atomic E-state index is 6.63. The van der Waals surface area contributed by atoms with Crippen LogP contribution in [0.1, 0.15) is 0 Å². The Morgan fingerprint density at radius 1 is 0.327 bits per heavy atom. The third-order valence-corrected chi connectivity index (χ3v) is 14.6. The average Bonchev–Trinajstić information content (AvgIpc) is 3.22. The third kappa shape index (κ3) is 5.47. The molecule has 0 aromatic heterocycles. The van der Waals surface area contributed by atoms with Gasteiger partial charge in [-0.15, -0.1) is 0 Å². The number of rotatable bonds is 4. The molecule has 0 amide bonds. The van der Waals surface area contributed by atoms with Gasteiger partial charge in [0, 0.05) is 44.2 Å². The van der Waals surface area contributed by atoms with E-state index in [0.29, 0.717) is 0 Å². The summed E-state index contributed by atoms with van der Waals surface area (Å²) in [6.45, 7) is 0. The molecule has 2 nitrogen and oxygen atoms in total. The number of nitrogens with zero attached hydrogens (tertiary/aromatic N) is 1. The molecule has 0 fully saturated rings. The summed E-state index contributed by atoms with van der Waals surface area (Å²) < 4.78 is 2.47. The Balaban J connectivity index is 0.000000139. The highest BCUT2D eigenvalue weighted by Crippen LogP contribution is 2.65. The summed E-state index contributed by atoms with van der Waals surface area (Å²) in [5.74, 6) is 0. The lowest BCUT2D eigenvalue weighted by molar-refractivity contribution is 1.38. The summed E-state index contributed by atoms with van der Waals surface area (Å²) in [6, 6.07) is 72.6. The molecule has 0 bridgehead atoms. The van der Waals surface area contributed by atoms with Gasteiger partial charge < -0.3 is 9.99 Å². The van der Waals surface area contributed by atoms with Crippen molar-refractivity contribution < 1.29 is 0 Å². The number of anilines is 4. The normalized spacial score (nSPS) is 12.8. The lowest BCUT2D eigenvalue weighted by Crippen LogP contribution is -2.36. The van der Waals surface area contributed by atoms with Crippen molar-refractivity contribution in [2.24, 2.45) is 0 Å². The molecule has 52 heavy (non-hydrogen) atoms. The van der Waals surface area contributed by atoms with E-state index in [1.165, 1.54) is 66.5 Å². The van der Waals surface area contributed by atoms with Gasteiger partial charge in [-0.05, 0) is 46.5 Å². The van der Waals surface area contributed by atoms with Gasteiger partial charge in [0.1, 0.15) is 0 Å². The molecule has 2 heterocycles. The molecule has 10 rings (SSSR count). The summed E-state index contributed by atoms with van der Waals surface area (Å²) in [5.41, 5.74) is 14.6. The van der Waals surface area contributed by atoms with Crippen LogP contribution in [0.2, 0.25) is 0 Å². The number of hydrogen-bond acceptors (Lipinski definition) is 2. The number of benzene rings is 8. The van der Waals surface area contributed by atoms with Crippen LogP contribution in [0.15, 0.2) is 206 Å². The number of nitrogens with one attached hydrogen (secondary N) is 1. The van der Waals surface area contributed by atoms with E-state index in [2.05, 4.69) is 204 Å². The van der Waals surface area contributed by atoms with E-state index >= 15 is 0 Å². The lowest BCUT2D eigenvalue weighted by Gasteiger charge is -2.47. The first-order chi connectivity index (χ1) is 25.7. The lowest BCUT2D eigenvalue weighted by atomic mass is 10.00. The largest absolute Gasteiger partial charge is 0.355 e. The molecule has 0 spiro atoms. The van der Waals surface area contributed by atoms with Crippen LogP contribution < -0.4 is 20.6 Å². The van der Waals surface area contributed by atoms with E-state index in [0.717, 1.165) is 11.4 Å². The van der Waals surface area contributed by atoms with Gasteiger partial charge in [0.25, 0.3) is 0 Å². The molecule has 2 aliphatic rings. The fraction of sp³-hybridized carbons (Fsp3) is 0. The van der Waals surface area contributed by atoms with Crippen LogP contribution in [-0.2, 0) is 11.8 Å². The smallest absolute Gasteiger partial charge is 0.0985 e. The fourth-order valence-corrected chi connectivity index (χ4v) is 12.3. The summed E-state index contributed by atoms with van der Waals surface area (Å²) in [7, 11) is 0. The molecule has 1 N–H and O–H groups in total. The average molecular weight is 703 g/mol. The van der Waals surface area contributed by atoms with Gasteiger partial charge in [0.05, 0.1) is 17.6 Å². The minimum Gasteiger partial charge on any atom is -0.355 e. The number of hydrogen-bond donors (Lipinski definition) is 1. The predicted molar refractivity (Wildman–Crippen MR) is 226 cm³/mol.